The van der Waals surface area contributed by atoms with Gasteiger partial charge in [0, 0.05) is 18.8 Å². The average molecular weight is 244 g/mol. The number of nitriles is 1. The van der Waals surface area contributed by atoms with Crippen LogP contribution in [0.15, 0.2) is 18.3 Å². The van der Waals surface area contributed by atoms with E-state index in [0.29, 0.717) is 11.7 Å². The molecule has 0 bridgehead atoms. The van der Waals surface area contributed by atoms with Gasteiger partial charge in [0.05, 0.1) is 5.69 Å². The number of piperidine rings is 1. The fourth-order valence-corrected chi connectivity index (χ4v) is 2.64. The molecular formula is C14H20N4. The highest BCUT2D eigenvalue weighted by Crippen LogP contribution is 2.27. The van der Waals surface area contributed by atoms with Crippen molar-refractivity contribution in [3.8, 4) is 6.07 Å². The molecule has 1 unspecified atom stereocenters. The van der Waals surface area contributed by atoms with Gasteiger partial charge in [-0.05, 0) is 51.4 Å². The predicted octanol–water partition coefficient (Wildman–Crippen LogP) is 1.92. The van der Waals surface area contributed by atoms with Gasteiger partial charge < -0.3 is 10.2 Å². The fourth-order valence-electron chi connectivity index (χ4n) is 2.64. The van der Waals surface area contributed by atoms with Gasteiger partial charge in [0.1, 0.15) is 6.07 Å². The lowest BCUT2D eigenvalue weighted by Crippen LogP contribution is -2.41. The summed E-state index contributed by atoms with van der Waals surface area (Å²) in [4.78, 5) is 6.54. The molecule has 18 heavy (non-hydrogen) atoms. The standard InChI is InChI=1S/C14H20N4/c1-16-9-7-12-5-2-3-10-18(12)14-6-4-8-17-13(14)11-15/h4,6,8,12,16H,2-3,5,7,9-10H2,1H3. The van der Waals surface area contributed by atoms with Crippen LogP contribution in [-0.2, 0) is 0 Å². The third kappa shape index (κ3) is 2.80. The lowest BCUT2D eigenvalue weighted by Gasteiger charge is -2.37. The van der Waals surface area contributed by atoms with Crippen molar-refractivity contribution in [1.82, 2.24) is 10.3 Å². The summed E-state index contributed by atoms with van der Waals surface area (Å²) in [5, 5.41) is 12.4. The normalized spacial score (nSPS) is 19.6. The molecule has 0 aromatic carbocycles. The summed E-state index contributed by atoms with van der Waals surface area (Å²) in [5.74, 6) is 0. The zero-order chi connectivity index (χ0) is 12.8. The minimum atomic E-state index is 0.530. The highest BCUT2D eigenvalue weighted by Gasteiger charge is 2.24. The molecule has 96 valence electrons. The van der Waals surface area contributed by atoms with E-state index in [4.69, 9.17) is 5.26 Å². The number of hydrogen-bond donors (Lipinski definition) is 1. The van der Waals surface area contributed by atoms with Crippen molar-refractivity contribution in [1.29, 1.82) is 5.26 Å². The minimum absolute atomic E-state index is 0.530. The Bertz CT molecular complexity index is 424. The van der Waals surface area contributed by atoms with Crippen LogP contribution in [0.3, 0.4) is 0 Å². The van der Waals surface area contributed by atoms with Crippen molar-refractivity contribution >= 4 is 5.69 Å². The summed E-state index contributed by atoms with van der Waals surface area (Å²) in [6.45, 7) is 2.05. The molecular weight excluding hydrogens is 224 g/mol. The Morgan fingerprint density at radius 1 is 1.56 bits per heavy atom. The van der Waals surface area contributed by atoms with Gasteiger partial charge >= 0.3 is 0 Å². The molecule has 0 spiro atoms. The minimum Gasteiger partial charge on any atom is -0.366 e. The summed E-state index contributed by atoms with van der Waals surface area (Å²) in [6.07, 6.45) is 6.51. The summed E-state index contributed by atoms with van der Waals surface area (Å²) >= 11 is 0. The fraction of sp³-hybridized carbons (Fsp3) is 0.571. The maximum Gasteiger partial charge on any atom is 0.163 e. The molecule has 1 aromatic rings. The molecule has 4 nitrogen and oxygen atoms in total. The number of pyridine rings is 1. The van der Waals surface area contributed by atoms with Crippen molar-refractivity contribution in [3.63, 3.8) is 0 Å². The SMILES string of the molecule is CNCCC1CCCCN1c1cccnc1C#N. The number of aromatic nitrogens is 1. The molecule has 1 aliphatic rings. The lowest BCUT2D eigenvalue weighted by atomic mass is 9.98. The van der Waals surface area contributed by atoms with Gasteiger partial charge in [-0.3, -0.25) is 0 Å². The van der Waals surface area contributed by atoms with E-state index in [1.165, 1.54) is 19.3 Å². The second-order valence-corrected chi connectivity index (χ2v) is 4.72. The Morgan fingerprint density at radius 3 is 3.22 bits per heavy atom. The van der Waals surface area contributed by atoms with E-state index in [-0.39, 0.29) is 0 Å². The molecule has 1 aliphatic heterocycles. The topological polar surface area (TPSA) is 52.0 Å². The van der Waals surface area contributed by atoms with Crippen LogP contribution in [0.2, 0.25) is 0 Å². The van der Waals surface area contributed by atoms with E-state index < -0.39 is 0 Å². The molecule has 0 aliphatic carbocycles. The number of anilines is 1. The average Bonchev–Trinajstić information content (AvgIpc) is 2.45. The number of hydrogen-bond acceptors (Lipinski definition) is 4. The number of rotatable bonds is 4. The van der Waals surface area contributed by atoms with Crippen LogP contribution in [0.1, 0.15) is 31.4 Å². The van der Waals surface area contributed by atoms with E-state index >= 15 is 0 Å². The van der Waals surface area contributed by atoms with Crippen molar-refractivity contribution in [2.45, 2.75) is 31.7 Å². The summed E-state index contributed by atoms with van der Waals surface area (Å²) in [7, 11) is 1.98. The second kappa shape index (κ2) is 6.36. The Labute approximate surface area is 109 Å². The molecule has 0 saturated carbocycles. The highest BCUT2D eigenvalue weighted by atomic mass is 15.2. The van der Waals surface area contributed by atoms with E-state index in [0.717, 1.165) is 25.2 Å². The van der Waals surface area contributed by atoms with Crippen LogP contribution in [-0.4, -0.2) is 31.2 Å². The maximum atomic E-state index is 9.16. The molecule has 2 rings (SSSR count). The third-order valence-corrected chi connectivity index (χ3v) is 3.56. The Hall–Kier alpha value is -1.60. The third-order valence-electron chi connectivity index (χ3n) is 3.56. The highest BCUT2D eigenvalue weighted by molar-refractivity contribution is 5.56. The largest absolute Gasteiger partial charge is 0.366 e. The van der Waals surface area contributed by atoms with E-state index in [1.54, 1.807) is 6.20 Å². The van der Waals surface area contributed by atoms with Gasteiger partial charge in [0.2, 0.25) is 0 Å². The molecule has 1 aromatic heterocycles. The zero-order valence-electron chi connectivity index (χ0n) is 10.9. The monoisotopic (exact) mass is 244 g/mol. The van der Waals surface area contributed by atoms with Crippen molar-refractivity contribution in [3.05, 3.63) is 24.0 Å². The molecule has 0 amide bonds. The van der Waals surface area contributed by atoms with Crippen molar-refractivity contribution < 1.29 is 0 Å². The summed E-state index contributed by atoms with van der Waals surface area (Å²) in [5.41, 5.74) is 1.55. The molecule has 1 saturated heterocycles. The molecule has 1 atom stereocenters. The number of nitrogens with zero attached hydrogens (tertiary/aromatic N) is 3. The van der Waals surface area contributed by atoms with Gasteiger partial charge in [0.25, 0.3) is 0 Å². The second-order valence-electron chi connectivity index (χ2n) is 4.72. The quantitative estimate of drug-likeness (QED) is 0.879. The first-order valence-electron chi connectivity index (χ1n) is 6.63. The van der Waals surface area contributed by atoms with Gasteiger partial charge in [-0.2, -0.15) is 5.26 Å². The van der Waals surface area contributed by atoms with Crippen LogP contribution in [0.4, 0.5) is 5.69 Å². The first-order valence-corrected chi connectivity index (χ1v) is 6.63. The predicted molar refractivity (Wildman–Crippen MR) is 72.5 cm³/mol. The molecule has 1 fully saturated rings. The Balaban J connectivity index is 2.20. The molecule has 0 radical (unpaired) electrons. The van der Waals surface area contributed by atoms with Crippen LogP contribution in [0.5, 0.6) is 0 Å². The van der Waals surface area contributed by atoms with Gasteiger partial charge in [-0.25, -0.2) is 4.98 Å². The molecule has 1 N–H and O–H groups in total. The molecule has 4 heteroatoms. The van der Waals surface area contributed by atoms with Gasteiger partial charge in [-0.1, -0.05) is 0 Å². The first kappa shape index (κ1) is 12.8. The lowest BCUT2D eigenvalue weighted by molar-refractivity contribution is 0.433. The van der Waals surface area contributed by atoms with Crippen LogP contribution in [0.25, 0.3) is 0 Å². The number of nitrogens with one attached hydrogen (secondary N) is 1. The van der Waals surface area contributed by atoms with Gasteiger partial charge in [-0.15, -0.1) is 0 Å². The first-order chi connectivity index (χ1) is 8.86. The van der Waals surface area contributed by atoms with E-state index in [2.05, 4.69) is 21.3 Å². The maximum absolute atomic E-state index is 9.16. The van der Waals surface area contributed by atoms with E-state index in [1.807, 2.05) is 19.2 Å². The zero-order valence-corrected chi connectivity index (χ0v) is 10.9. The van der Waals surface area contributed by atoms with Crippen LogP contribution < -0.4 is 10.2 Å². The van der Waals surface area contributed by atoms with Crippen molar-refractivity contribution in [2.24, 2.45) is 0 Å². The Morgan fingerprint density at radius 2 is 2.44 bits per heavy atom. The summed E-state index contributed by atoms with van der Waals surface area (Å²) in [6, 6.07) is 6.66. The van der Waals surface area contributed by atoms with Gasteiger partial charge in [0.15, 0.2) is 5.69 Å². The van der Waals surface area contributed by atoms with Crippen LogP contribution >= 0.6 is 0 Å². The molecule has 2 heterocycles. The Kier molecular flexibility index (Phi) is 4.54. The van der Waals surface area contributed by atoms with Crippen molar-refractivity contribution in [2.75, 3.05) is 25.0 Å². The summed E-state index contributed by atoms with van der Waals surface area (Å²) < 4.78 is 0. The van der Waals surface area contributed by atoms with E-state index in [9.17, 15) is 0 Å². The smallest absolute Gasteiger partial charge is 0.163 e. The van der Waals surface area contributed by atoms with Crippen LogP contribution in [0, 0.1) is 11.3 Å².